The number of H-pyrrole nitrogens is 1. The quantitative estimate of drug-likeness (QED) is 0.567. The Morgan fingerprint density at radius 1 is 1.25 bits per heavy atom. The van der Waals surface area contributed by atoms with Gasteiger partial charge in [0.2, 0.25) is 11.7 Å². The van der Waals surface area contributed by atoms with Crippen molar-refractivity contribution in [1.29, 1.82) is 0 Å². The molecule has 3 aliphatic rings. The summed E-state index contributed by atoms with van der Waals surface area (Å²) in [7, 11) is 0. The number of aromatic amines is 1. The molecule has 1 aromatic carbocycles. The molecule has 3 N–H and O–H groups in total. The van der Waals surface area contributed by atoms with Crippen molar-refractivity contribution >= 4 is 23.6 Å². The lowest BCUT2D eigenvalue weighted by Gasteiger charge is -2.31. The molecule has 2 bridgehead atoms. The van der Waals surface area contributed by atoms with E-state index in [1.54, 1.807) is 23.5 Å². The maximum Gasteiger partial charge on any atom is 0.270 e. The Labute approximate surface area is 162 Å². The fourth-order valence-electron chi connectivity index (χ4n) is 4.62. The lowest BCUT2D eigenvalue weighted by Crippen LogP contribution is -2.60. The molecule has 0 aliphatic carbocycles. The van der Waals surface area contributed by atoms with Crippen LogP contribution in [0.4, 0.5) is 5.69 Å². The van der Waals surface area contributed by atoms with Gasteiger partial charge in [-0.1, -0.05) is 29.8 Å². The number of allylic oxidation sites excluding steroid dienone is 2. The lowest BCUT2D eigenvalue weighted by atomic mass is 9.82. The van der Waals surface area contributed by atoms with E-state index in [0.717, 1.165) is 16.9 Å². The first-order valence-corrected chi connectivity index (χ1v) is 9.38. The Morgan fingerprint density at radius 2 is 2.07 bits per heavy atom. The minimum atomic E-state index is -0.955. The average Bonchev–Trinajstić information content (AvgIpc) is 3.38. The van der Waals surface area contributed by atoms with Gasteiger partial charge in [0.1, 0.15) is 5.70 Å². The van der Waals surface area contributed by atoms with E-state index in [2.05, 4.69) is 26.7 Å². The summed E-state index contributed by atoms with van der Waals surface area (Å²) >= 11 is 0. The maximum atomic E-state index is 13.3. The minimum Gasteiger partial charge on any atom is -0.345 e. The summed E-state index contributed by atoms with van der Waals surface area (Å²) in [6, 6.07) is 7.89. The van der Waals surface area contributed by atoms with Crippen LogP contribution in [0.3, 0.4) is 0 Å². The first-order valence-electron chi connectivity index (χ1n) is 9.38. The number of benzene rings is 1. The smallest absolute Gasteiger partial charge is 0.270 e. The third-order valence-electron chi connectivity index (χ3n) is 5.73. The zero-order chi connectivity index (χ0) is 19.5. The molecule has 2 aromatic rings. The number of para-hydroxylation sites is 1. The highest BCUT2D eigenvalue weighted by Crippen LogP contribution is 2.57. The normalized spacial score (nSPS) is 28.6. The molecular weight excluding hydrogens is 354 g/mol. The monoisotopic (exact) mass is 375 g/mol. The van der Waals surface area contributed by atoms with E-state index < -0.39 is 5.79 Å². The lowest BCUT2D eigenvalue weighted by molar-refractivity contribution is -0.121. The first kappa shape index (κ1) is 16.8. The Morgan fingerprint density at radius 3 is 2.82 bits per heavy atom. The van der Waals surface area contributed by atoms with Crippen LogP contribution in [-0.2, 0) is 9.59 Å². The Hall–Kier alpha value is -3.35. The zero-order valence-corrected chi connectivity index (χ0v) is 15.7. The fraction of sp³-hybridized carbons (Fsp3) is 0.286. The van der Waals surface area contributed by atoms with Gasteiger partial charge in [-0.3, -0.25) is 14.5 Å². The minimum absolute atomic E-state index is 0.0387. The molecule has 4 heterocycles. The van der Waals surface area contributed by atoms with Gasteiger partial charge in [-0.25, -0.2) is 4.98 Å². The number of amides is 2. The summed E-state index contributed by atoms with van der Waals surface area (Å²) in [5.41, 5.74) is 4.27. The Bertz CT molecular complexity index is 1030. The van der Waals surface area contributed by atoms with Crippen LogP contribution in [0.5, 0.6) is 0 Å². The van der Waals surface area contributed by atoms with Gasteiger partial charge in [0, 0.05) is 0 Å². The van der Waals surface area contributed by atoms with E-state index >= 15 is 0 Å². The highest BCUT2D eigenvalue weighted by atomic mass is 16.2. The van der Waals surface area contributed by atoms with E-state index in [-0.39, 0.29) is 23.7 Å². The molecule has 1 spiro atoms. The number of nitrogens with zero attached hydrogens (tertiary/aromatic N) is 2. The molecule has 1 aromatic heterocycles. The van der Waals surface area contributed by atoms with Gasteiger partial charge in [0.05, 0.1) is 35.7 Å². The largest absolute Gasteiger partial charge is 0.345 e. The molecule has 7 nitrogen and oxygen atoms in total. The predicted octanol–water partition coefficient (Wildman–Crippen LogP) is 2.24. The fourth-order valence-corrected chi connectivity index (χ4v) is 4.62. The molecule has 3 atom stereocenters. The van der Waals surface area contributed by atoms with Crippen molar-refractivity contribution in [2.24, 2.45) is 5.92 Å². The number of hydrogen-bond donors (Lipinski definition) is 3. The van der Waals surface area contributed by atoms with Crippen LogP contribution in [-0.4, -0.2) is 27.6 Å². The van der Waals surface area contributed by atoms with Crippen LogP contribution < -0.4 is 15.5 Å². The van der Waals surface area contributed by atoms with Crippen molar-refractivity contribution in [2.75, 3.05) is 4.90 Å². The number of aromatic nitrogens is 2. The number of imidazole rings is 1. The number of fused-ring (bicyclic) bond motifs is 3. The second-order valence-corrected chi connectivity index (χ2v) is 7.74. The molecule has 0 radical (unpaired) electrons. The molecule has 142 valence electrons. The molecule has 2 saturated heterocycles. The van der Waals surface area contributed by atoms with Crippen molar-refractivity contribution in [3.05, 3.63) is 65.4 Å². The molecule has 3 aliphatic heterocycles. The summed E-state index contributed by atoms with van der Waals surface area (Å²) in [5, 5.41) is 6.43. The average molecular weight is 375 g/mol. The molecular formula is C21H21N5O2. The molecule has 2 amide bonds. The summed E-state index contributed by atoms with van der Waals surface area (Å²) in [5.74, 6) is -1.53. The van der Waals surface area contributed by atoms with Crippen molar-refractivity contribution in [2.45, 2.75) is 32.0 Å². The van der Waals surface area contributed by atoms with Crippen LogP contribution in [0, 0.1) is 5.92 Å². The van der Waals surface area contributed by atoms with Crippen LogP contribution in [0.15, 0.2) is 54.1 Å². The van der Waals surface area contributed by atoms with Gasteiger partial charge in [-0.2, -0.15) is 0 Å². The van der Waals surface area contributed by atoms with E-state index in [4.69, 9.17) is 0 Å². The third-order valence-corrected chi connectivity index (χ3v) is 5.73. The Balaban J connectivity index is 1.60. The molecule has 5 rings (SSSR count). The van der Waals surface area contributed by atoms with Gasteiger partial charge < -0.3 is 15.6 Å². The van der Waals surface area contributed by atoms with Gasteiger partial charge in [0.25, 0.3) is 5.91 Å². The summed E-state index contributed by atoms with van der Waals surface area (Å²) < 4.78 is 0. The van der Waals surface area contributed by atoms with E-state index in [9.17, 15) is 9.59 Å². The summed E-state index contributed by atoms with van der Waals surface area (Å²) in [4.78, 5) is 34.8. The van der Waals surface area contributed by atoms with E-state index in [1.165, 1.54) is 5.57 Å². The van der Waals surface area contributed by atoms with Gasteiger partial charge in [0.15, 0.2) is 0 Å². The van der Waals surface area contributed by atoms with Gasteiger partial charge >= 0.3 is 0 Å². The third kappa shape index (κ3) is 2.19. The van der Waals surface area contributed by atoms with Crippen LogP contribution >= 0.6 is 0 Å². The SMILES string of the molecule is CC(C)=CCC1C(=O)N2c3ccccc3C1C21NC(=O)C(=Cc2cnc[nH]2)N1. The molecule has 2 fully saturated rings. The van der Waals surface area contributed by atoms with Crippen LogP contribution in [0.25, 0.3) is 6.08 Å². The number of nitrogens with one attached hydrogen (secondary N) is 3. The van der Waals surface area contributed by atoms with Gasteiger partial charge in [-0.05, 0) is 38.0 Å². The van der Waals surface area contributed by atoms with Crippen molar-refractivity contribution in [3.63, 3.8) is 0 Å². The van der Waals surface area contributed by atoms with E-state index in [1.807, 2.05) is 38.1 Å². The summed E-state index contributed by atoms with van der Waals surface area (Å²) in [6.07, 6.45) is 7.67. The Kier molecular flexibility index (Phi) is 3.49. The van der Waals surface area contributed by atoms with Crippen molar-refractivity contribution in [1.82, 2.24) is 20.6 Å². The predicted molar refractivity (Wildman–Crippen MR) is 105 cm³/mol. The second kappa shape index (κ2) is 5.82. The highest BCUT2D eigenvalue weighted by Gasteiger charge is 2.68. The second-order valence-electron chi connectivity index (χ2n) is 7.74. The molecule has 7 heteroatoms. The van der Waals surface area contributed by atoms with Gasteiger partial charge in [-0.15, -0.1) is 0 Å². The number of anilines is 1. The topological polar surface area (TPSA) is 90.1 Å². The first-order chi connectivity index (χ1) is 13.5. The van der Waals surface area contributed by atoms with E-state index in [0.29, 0.717) is 12.1 Å². The number of hydrogen-bond acceptors (Lipinski definition) is 4. The number of carbonyl (C=O) groups is 2. The molecule has 3 unspecified atom stereocenters. The standard InChI is InChI=1S/C21H21N5O2/c1-12(2)7-8-15-18-14-5-3-4-6-17(14)26(20(15)28)21(18)24-16(19(27)25-21)9-13-10-22-11-23-13/h3-7,9-11,15,18,24H,8H2,1-2H3,(H,22,23)(H,25,27). The zero-order valence-electron chi connectivity index (χ0n) is 15.7. The van der Waals surface area contributed by atoms with Crippen molar-refractivity contribution in [3.8, 4) is 0 Å². The number of carbonyl (C=O) groups excluding carboxylic acids is 2. The van der Waals surface area contributed by atoms with Crippen LogP contribution in [0.1, 0.15) is 37.4 Å². The summed E-state index contributed by atoms with van der Waals surface area (Å²) in [6.45, 7) is 4.06. The molecule has 0 saturated carbocycles. The highest BCUT2D eigenvalue weighted by molar-refractivity contribution is 6.09. The van der Waals surface area contributed by atoms with Crippen LogP contribution in [0.2, 0.25) is 0 Å². The molecule has 28 heavy (non-hydrogen) atoms. The van der Waals surface area contributed by atoms with Crippen molar-refractivity contribution < 1.29 is 9.59 Å². The maximum absolute atomic E-state index is 13.3. The number of rotatable bonds is 3.